The first kappa shape index (κ1) is 13.9. The molecule has 96 valence electrons. The highest BCUT2D eigenvalue weighted by atomic mass is 19.3. The van der Waals surface area contributed by atoms with E-state index in [2.05, 4.69) is 4.74 Å². The van der Waals surface area contributed by atoms with Crippen LogP contribution in [0.25, 0.3) is 0 Å². The molecule has 0 atom stereocenters. The highest BCUT2D eigenvalue weighted by Gasteiger charge is 2.17. The Morgan fingerprint density at radius 2 is 2.17 bits per heavy atom. The number of aliphatic hydroxyl groups is 1. The lowest BCUT2D eigenvalue weighted by atomic mass is 10.0. The Morgan fingerprint density at radius 3 is 2.61 bits per heavy atom. The molecule has 18 heavy (non-hydrogen) atoms. The number of carboxylic acids is 1. The van der Waals surface area contributed by atoms with Crippen LogP contribution in [0.5, 0.6) is 5.75 Å². The van der Waals surface area contributed by atoms with Gasteiger partial charge in [-0.15, -0.1) is 0 Å². The highest BCUT2D eigenvalue weighted by Crippen LogP contribution is 2.26. The predicted octanol–water partition coefficient (Wildman–Crippen LogP) is 1.28. The number of alkyl halides is 2. The van der Waals surface area contributed by atoms with Crippen molar-refractivity contribution in [2.75, 3.05) is 0 Å². The van der Waals surface area contributed by atoms with Gasteiger partial charge in [0, 0.05) is 0 Å². The molecule has 0 aliphatic rings. The first-order valence-electron chi connectivity index (χ1n) is 4.81. The Balaban J connectivity index is 3.31. The Labute approximate surface area is 101 Å². The number of carboxylic acid groups (broad SMARTS) is 1. The number of benzene rings is 1. The lowest BCUT2D eigenvalue weighted by Gasteiger charge is -2.11. The molecule has 0 radical (unpaired) electrons. The maximum absolute atomic E-state index is 12.2. The van der Waals surface area contributed by atoms with Crippen LogP contribution in [0.15, 0.2) is 12.1 Å². The van der Waals surface area contributed by atoms with Crippen molar-refractivity contribution in [3.63, 3.8) is 0 Å². The first-order chi connectivity index (χ1) is 8.47. The van der Waals surface area contributed by atoms with Crippen LogP contribution in [-0.2, 0) is 17.8 Å². The van der Waals surface area contributed by atoms with Crippen LogP contribution in [0.1, 0.15) is 16.7 Å². The minimum absolute atomic E-state index is 0.0206. The van der Waals surface area contributed by atoms with Gasteiger partial charge in [0.25, 0.3) is 0 Å². The second-order valence-electron chi connectivity index (χ2n) is 3.35. The van der Waals surface area contributed by atoms with E-state index >= 15 is 0 Å². The summed E-state index contributed by atoms with van der Waals surface area (Å²) in [6.07, 6.45) is -0.518. The van der Waals surface area contributed by atoms with Gasteiger partial charge >= 0.3 is 12.6 Å². The average molecular weight is 257 g/mol. The summed E-state index contributed by atoms with van der Waals surface area (Å²) in [6, 6.07) is 3.97. The lowest BCUT2D eigenvalue weighted by Crippen LogP contribution is -2.08. The maximum Gasteiger partial charge on any atom is 0.387 e. The second-order valence-corrected chi connectivity index (χ2v) is 3.35. The van der Waals surface area contributed by atoms with Crippen LogP contribution in [0, 0.1) is 11.3 Å². The van der Waals surface area contributed by atoms with E-state index in [-0.39, 0.29) is 16.7 Å². The van der Waals surface area contributed by atoms with E-state index in [0.29, 0.717) is 0 Å². The van der Waals surface area contributed by atoms with Crippen molar-refractivity contribution in [3.8, 4) is 11.8 Å². The van der Waals surface area contributed by atoms with Crippen molar-refractivity contribution in [1.29, 1.82) is 5.26 Å². The Hall–Kier alpha value is -2.20. The van der Waals surface area contributed by atoms with E-state index in [1.807, 2.05) is 0 Å². The number of rotatable bonds is 5. The van der Waals surface area contributed by atoms with Crippen LogP contribution in [0.3, 0.4) is 0 Å². The Bertz CT molecular complexity index is 497. The van der Waals surface area contributed by atoms with Crippen molar-refractivity contribution in [2.24, 2.45) is 0 Å². The van der Waals surface area contributed by atoms with E-state index in [1.165, 1.54) is 6.07 Å². The minimum atomic E-state index is -3.14. The molecule has 0 amide bonds. The number of hydrogen-bond acceptors (Lipinski definition) is 4. The van der Waals surface area contributed by atoms with E-state index in [4.69, 9.17) is 15.5 Å². The molecule has 7 heteroatoms. The molecule has 2 N–H and O–H groups in total. The fourth-order valence-electron chi connectivity index (χ4n) is 1.45. The fourth-order valence-corrected chi connectivity index (χ4v) is 1.45. The maximum atomic E-state index is 12.2. The van der Waals surface area contributed by atoms with Gasteiger partial charge in [-0.3, -0.25) is 4.79 Å². The summed E-state index contributed by atoms with van der Waals surface area (Å²) in [5, 5.41) is 26.5. The van der Waals surface area contributed by atoms with Crippen LogP contribution < -0.4 is 4.74 Å². The number of aliphatic hydroxyl groups excluding tert-OH is 1. The molecular formula is C11H9F2NO4. The van der Waals surface area contributed by atoms with E-state index in [0.717, 1.165) is 6.07 Å². The van der Waals surface area contributed by atoms with Gasteiger partial charge in [-0.1, -0.05) is 6.07 Å². The monoisotopic (exact) mass is 257 g/mol. The van der Waals surface area contributed by atoms with Crippen LogP contribution in [-0.4, -0.2) is 22.8 Å². The summed E-state index contributed by atoms with van der Waals surface area (Å²) in [5.74, 6) is -1.65. The number of hydrogen-bond donors (Lipinski definition) is 2. The van der Waals surface area contributed by atoms with Gasteiger partial charge in [0.05, 0.1) is 18.6 Å². The fraction of sp³-hybridized carbons (Fsp3) is 0.273. The standard InChI is InChI=1S/C11H9F2NO4/c12-11(13)18-9-2-6(5-15)1-7(3-10(16)17)8(9)4-14/h1-2,11,15H,3,5H2,(H,16,17). The van der Waals surface area contributed by atoms with Crippen molar-refractivity contribution in [2.45, 2.75) is 19.6 Å². The summed E-state index contributed by atoms with van der Waals surface area (Å²) in [4.78, 5) is 10.6. The first-order valence-corrected chi connectivity index (χ1v) is 4.81. The van der Waals surface area contributed by atoms with Crippen LogP contribution in [0.4, 0.5) is 8.78 Å². The van der Waals surface area contributed by atoms with Crippen LogP contribution in [0.2, 0.25) is 0 Å². The molecule has 0 unspecified atom stereocenters. The molecular weight excluding hydrogens is 248 g/mol. The molecule has 0 aliphatic heterocycles. The normalized spacial score (nSPS) is 10.2. The molecule has 0 bridgehead atoms. The van der Waals surface area contributed by atoms with Gasteiger partial charge in [-0.05, 0) is 17.2 Å². The van der Waals surface area contributed by atoms with Crippen molar-refractivity contribution in [3.05, 3.63) is 28.8 Å². The molecule has 0 spiro atoms. The zero-order chi connectivity index (χ0) is 13.7. The molecule has 0 saturated carbocycles. The van der Waals surface area contributed by atoms with Crippen molar-refractivity contribution < 1.29 is 28.5 Å². The topological polar surface area (TPSA) is 90.6 Å². The van der Waals surface area contributed by atoms with Gasteiger partial charge in [-0.2, -0.15) is 14.0 Å². The minimum Gasteiger partial charge on any atom is -0.481 e. The van der Waals surface area contributed by atoms with Crippen molar-refractivity contribution in [1.82, 2.24) is 0 Å². The molecule has 0 heterocycles. The third-order valence-corrected chi connectivity index (χ3v) is 2.10. The quantitative estimate of drug-likeness (QED) is 0.829. The molecule has 1 aromatic rings. The van der Waals surface area contributed by atoms with Crippen molar-refractivity contribution >= 4 is 5.97 Å². The Kier molecular flexibility index (Phi) is 4.57. The average Bonchev–Trinajstić information content (AvgIpc) is 2.27. The third kappa shape index (κ3) is 3.40. The summed E-state index contributed by atoms with van der Waals surface area (Å²) in [7, 11) is 0. The SMILES string of the molecule is N#Cc1c(CC(=O)O)cc(CO)cc1OC(F)F. The number of ether oxygens (including phenoxy) is 1. The predicted molar refractivity (Wildman–Crippen MR) is 55.1 cm³/mol. The molecule has 0 aromatic heterocycles. The highest BCUT2D eigenvalue weighted by molar-refractivity contribution is 5.72. The van der Waals surface area contributed by atoms with Gasteiger partial charge in [0.2, 0.25) is 0 Å². The molecule has 0 aliphatic carbocycles. The van der Waals surface area contributed by atoms with E-state index < -0.39 is 31.4 Å². The lowest BCUT2D eigenvalue weighted by molar-refractivity contribution is -0.136. The Morgan fingerprint density at radius 1 is 1.50 bits per heavy atom. The zero-order valence-corrected chi connectivity index (χ0v) is 9.06. The van der Waals surface area contributed by atoms with E-state index in [9.17, 15) is 13.6 Å². The van der Waals surface area contributed by atoms with Crippen LogP contribution >= 0.6 is 0 Å². The summed E-state index contributed by atoms with van der Waals surface area (Å²) in [5.41, 5.74) is -0.0528. The summed E-state index contributed by atoms with van der Waals surface area (Å²) < 4.78 is 28.5. The smallest absolute Gasteiger partial charge is 0.387 e. The van der Waals surface area contributed by atoms with Gasteiger partial charge < -0.3 is 14.9 Å². The molecule has 0 saturated heterocycles. The van der Waals surface area contributed by atoms with Gasteiger partial charge in [-0.25, -0.2) is 0 Å². The molecule has 1 rings (SSSR count). The molecule has 5 nitrogen and oxygen atoms in total. The number of aliphatic carboxylic acids is 1. The van der Waals surface area contributed by atoms with Gasteiger partial charge in [0.15, 0.2) is 0 Å². The van der Waals surface area contributed by atoms with Gasteiger partial charge in [0.1, 0.15) is 11.8 Å². The number of halogens is 2. The summed E-state index contributed by atoms with van der Waals surface area (Å²) in [6.45, 7) is -3.61. The second kappa shape index (κ2) is 5.93. The number of carbonyl (C=O) groups is 1. The van der Waals surface area contributed by atoms with E-state index in [1.54, 1.807) is 6.07 Å². The molecule has 0 fully saturated rings. The number of nitrogens with zero attached hydrogens (tertiary/aromatic N) is 1. The third-order valence-electron chi connectivity index (χ3n) is 2.10. The number of nitriles is 1. The largest absolute Gasteiger partial charge is 0.481 e. The molecule has 1 aromatic carbocycles. The zero-order valence-electron chi connectivity index (χ0n) is 9.06. The summed E-state index contributed by atoms with van der Waals surface area (Å²) >= 11 is 0.